The van der Waals surface area contributed by atoms with E-state index in [1.165, 1.54) is 16.4 Å². The van der Waals surface area contributed by atoms with Crippen molar-refractivity contribution >= 4 is 38.9 Å². The second kappa shape index (κ2) is 9.13. The lowest BCUT2D eigenvalue weighted by molar-refractivity contribution is -0.114. The highest BCUT2D eigenvalue weighted by atomic mass is 35.5. The molecule has 2 aromatic carbocycles. The third-order valence-electron chi connectivity index (χ3n) is 4.44. The topological polar surface area (TPSA) is 87.7 Å². The van der Waals surface area contributed by atoms with Crippen LogP contribution in [0.1, 0.15) is 13.8 Å². The van der Waals surface area contributed by atoms with Crippen molar-refractivity contribution in [1.82, 2.24) is 4.31 Å². The van der Waals surface area contributed by atoms with E-state index in [1.54, 1.807) is 30.3 Å². The van der Waals surface area contributed by atoms with E-state index in [9.17, 15) is 13.2 Å². The van der Waals surface area contributed by atoms with Gasteiger partial charge in [0.05, 0.1) is 23.6 Å². The van der Waals surface area contributed by atoms with Gasteiger partial charge in [-0.15, -0.1) is 0 Å². The molecule has 1 aliphatic rings. The molecule has 0 bridgehead atoms. The molecule has 2 atom stereocenters. The van der Waals surface area contributed by atoms with E-state index in [-0.39, 0.29) is 29.6 Å². The standard InChI is InChI=1S/C20H24ClN3O4S/c1-14-12-24(13-15(2)28-14)29(26,27)19-8-6-17(7-9-19)23-20(25)11-22-18-5-3-4-16(21)10-18/h3-10,14-15,22H,11-13H2,1-2H3,(H,23,25). The molecule has 0 aromatic heterocycles. The maximum absolute atomic E-state index is 12.9. The van der Waals surface area contributed by atoms with Crippen molar-refractivity contribution in [3.63, 3.8) is 0 Å². The largest absolute Gasteiger partial charge is 0.376 e. The van der Waals surface area contributed by atoms with Crippen molar-refractivity contribution in [3.8, 4) is 0 Å². The highest BCUT2D eigenvalue weighted by Gasteiger charge is 2.32. The van der Waals surface area contributed by atoms with Crippen LogP contribution in [0.25, 0.3) is 0 Å². The number of rotatable bonds is 6. The summed E-state index contributed by atoms with van der Waals surface area (Å²) in [7, 11) is -3.61. The molecule has 0 saturated carbocycles. The van der Waals surface area contributed by atoms with Gasteiger partial charge in [0.25, 0.3) is 0 Å². The van der Waals surface area contributed by atoms with Crippen LogP contribution in [0, 0.1) is 0 Å². The van der Waals surface area contributed by atoms with Crippen LogP contribution in [-0.2, 0) is 19.6 Å². The smallest absolute Gasteiger partial charge is 0.243 e. The number of hydrogen-bond donors (Lipinski definition) is 2. The van der Waals surface area contributed by atoms with E-state index in [4.69, 9.17) is 16.3 Å². The van der Waals surface area contributed by atoms with Gasteiger partial charge in [0.1, 0.15) is 0 Å². The van der Waals surface area contributed by atoms with Crippen molar-refractivity contribution in [2.75, 3.05) is 30.3 Å². The van der Waals surface area contributed by atoms with Gasteiger partial charge in [0.2, 0.25) is 15.9 Å². The third kappa shape index (κ3) is 5.70. The molecule has 1 amide bonds. The second-order valence-corrected chi connectivity index (χ2v) is 9.39. The molecule has 2 aromatic rings. The zero-order chi connectivity index (χ0) is 21.0. The van der Waals surface area contributed by atoms with Gasteiger partial charge in [-0.1, -0.05) is 17.7 Å². The van der Waals surface area contributed by atoms with Crippen LogP contribution in [0.3, 0.4) is 0 Å². The molecule has 156 valence electrons. The number of sulfonamides is 1. The lowest BCUT2D eigenvalue weighted by Crippen LogP contribution is -2.48. The van der Waals surface area contributed by atoms with Crippen LogP contribution in [0.2, 0.25) is 5.02 Å². The van der Waals surface area contributed by atoms with Crippen LogP contribution >= 0.6 is 11.6 Å². The Balaban J connectivity index is 1.60. The van der Waals surface area contributed by atoms with Gasteiger partial charge in [0, 0.05) is 29.5 Å². The van der Waals surface area contributed by atoms with E-state index in [1.807, 2.05) is 19.9 Å². The molecule has 0 radical (unpaired) electrons. The Labute approximate surface area is 176 Å². The molecular weight excluding hydrogens is 414 g/mol. The molecule has 3 rings (SSSR count). The SMILES string of the molecule is CC1CN(S(=O)(=O)c2ccc(NC(=O)CNc3cccc(Cl)c3)cc2)CC(C)O1. The van der Waals surface area contributed by atoms with Crippen molar-refractivity contribution in [1.29, 1.82) is 0 Å². The fourth-order valence-corrected chi connectivity index (χ4v) is 4.95. The first-order valence-electron chi connectivity index (χ1n) is 9.29. The van der Waals surface area contributed by atoms with E-state index < -0.39 is 10.0 Å². The zero-order valence-corrected chi connectivity index (χ0v) is 17.8. The molecule has 9 heteroatoms. The van der Waals surface area contributed by atoms with Gasteiger partial charge in [-0.05, 0) is 56.3 Å². The number of anilines is 2. The third-order valence-corrected chi connectivity index (χ3v) is 6.52. The van der Waals surface area contributed by atoms with Crippen molar-refractivity contribution in [3.05, 3.63) is 53.6 Å². The van der Waals surface area contributed by atoms with Crippen LogP contribution in [0.5, 0.6) is 0 Å². The first kappa shape index (κ1) is 21.6. The van der Waals surface area contributed by atoms with E-state index in [0.717, 1.165) is 5.69 Å². The fourth-order valence-electron chi connectivity index (χ4n) is 3.17. The molecule has 7 nitrogen and oxygen atoms in total. The zero-order valence-electron chi connectivity index (χ0n) is 16.3. The van der Waals surface area contributed by atoms with E-state index in [2.05, 4.69) is 10.6 Å². The molecule has 2 N–H and O–H groups in total. The first-order chi connectivity index (χ1) is 13.7. The number of ether oxygens (including phenoxy) is 1. The number of nitrogens with one attached hydrogen (secondary N) is 2. The summed E-state index contributed by atoms with van der Waals surface area (Å²) in [5.74, 6) is -0.253. The minimum absolute atomic E-state index is 0.0595. The number of benzene rings is 2. The quantitative estimate of drug-likeness (QED) is 0.724. The van der Waals surface area contributed by atoms with Crippen molar-refractivity contribution in [2.45, 2.75) is 31.0 Å². The molecule has 0 aliphatic carbocycles. The molecule has 1 fully saturated rings. The number of amides is 1. The lowest BCUT2D eigenvalue weighted by atomic mass is 10.3. The van der Waals surface area contributed by atoms with Gasteiger partial charge in [-0.3, -0.25) is 4.79 Å². The Morgan fingerprint density at radius 2 is 1.76 bits per heavy atom. The Hall–Kier alpha value is -2.13. The number of nitrogens with zero attached hydrogens (tertiary/aromatic N) is 1. The summed E-state index contributed by atoms with van der Waals surface area (Å²) in [5.41, 5.74) is 1.26. The normalized spacial score (nSPS) is 20.2. The Kier molecular flexibility index (Phi) is 6.79. The number of carbonyl (C=O) groups excluding carboxylic acids is 1. The van der Waals surface area contributed by atoms with Crippen molar-refractivity contribution < 1.29 is 17.9 Å². The van der Waals surface area contributed by atoms with Crippen LogP contribution in [0.4, 0.5) is 11.4 Å². The van der Waals surface area contributed by atoms with Crippen molar-refractivity contribution in [2.24, 2.45) is 0 Å². The Morgan fingerprint density at radius 3 is 2.38 bits per heavy atom. The molecule has 29 heavy (non-hydrogen) atoms. The summed E-state index contributed by atoms with van der Waals surface area (Å²) in [6.07, 6.45) is -0.307. The predicted octanol–water partition coefficient (Wildman–Crippen LogP) is 3.19. The summed E-state index contributed by atoms with van der Waals surface area (Å²) in [4.78, 5) is 12.3. The summed E-state index contributed by atoms with van der Waals surface area (Å²) in [5, 5.41) is 6.30. The maximum Gasteiger partial charge on any atom is 0.243 e. The summed E-state index contributed by atoms with van der Waals surface area (Å²) >= 11 is 5.91. The number of hydrogen-bond acceptors (Lipinski definition) is 5. The average Bonchev–Trinajstić information content (AvgIpc) is 2.66. The van der Waals surface area contributed by atoms with Gasteiger partial charge in [-0.2, -0.15) is 4.31 Å². The van der Waals surface area contributed by atoms with Crippen LogP contribution in [-0.4, -0.2) is 50.5 Å². The van der Waals surface area contributed by atoms with E-state index >= 15 is 0 Å². The van der Waals surface area contributed by atoms with Gasteiger partial charge in [0.15, 0.2) is 0 Å². The average molecular weight is 438 g/mol. The van der Waals surface area contributed by atoms with Gasteiger partial charge in [-0.25, -0.2) is 8.42 Å². The van der Waals surface area contributed by atoms with Crippen LogP contribution < -0.4 is 10.6 Å². The molecule has 1 aliphatic heterocycles. The second-order valence-electron chi connectivity index (χ2n) is 7.02. The fraction of sp³-hybridized carbons (Fsp3) is 0.350. The minimum atomic E-state index is -3.61. The summed E-state index contributed by atoms with van der Waals surface area (Å²) in [6, 6.07) is 13.2. The van der Waals surface area contributed by atoms with Gasteiger partial charge >= 0.3 is 0 Å². The number of morpholine rings is 1. The van der Waals surface area contributed by atoms with Crippen LogP contribution in [0.15, 0.2) is 53.4 Å². The Bertz CT molecular complexity index is 956. The maximum atomic E-state index is 12.9. The number of halogens is 1. The number of carbonyl (C=O) groups is 1. The minimum Gasteiger partial charge on any atom is -0.376 e. The first-order valence-corrected chi connectivity index (χ1v) is 11.1. The molecule has 0 spiro atoms. The molecule has 1 saturated heterocycles. The monoisotopic (exact) mass is 437 g/mol. The molecular formula is C20H24ClN3O4S. The summed E-state index contributed by atoms with van der Waals surface area (Å²) in [6.45, 7) is 4.41. The lowest BCUT2D eigenvalue weighted by Gasteiger charge is -2.34. The Morgan fingerprint density at radius 1 is 1.10 bits per heavy atom. The molecule has 1 heterocycles. The summed E-state index contributed by atoms with van der Waals surface area (Å²) < 4.78 is 32.8. The highest BCUT2D eigenvalue weighted by molar-refractivity contribution is 7.89. The molecule has 2 unspecified atom stereocenters. The van der Waals surface area contributed by atoms with E-state index in [0.29, 0.717) is 23.8 Å². The van der Waals surface area contributed by atoms with Gasteiger partial charge < -0.3 is 15.4 Å². The highest BCUT2D eigenvalue weighted by Crippen LogP contribution is 2.22. The predicted molar refractivity (Wildman–Crippen MR) is 114 cm³/mol.